The Balaban J connectivity index is 2.22. The summed E-state index contributed by atoms with van der Waals surface area (Å²) in [5.74, 6) is 0. The lowest BCUT2D eigenvalue weighted by Gasteiger charge is -2.04. The van der Waals surface area contributed by atoms with E-state index in [1.807, 2.05) is 24.3 Å². The summed E-state index contributed by atoms with van der Waals surface area (Å²) < 4.78 is 5.04. The van der Waals surface area contributed by atoms with Crippen molar-refractivity contribution in [3.05, 3.63) is 34.9 Å². The van der Waals surface area contributed by atoms with E-state index in [1.165, 1.54) is 0 Å². The summed E-state index contributed by atoms with van der Waals surface area (Å²) in [5.41, 5.74) is 6.47. The van der Waals surface area contributed by atoms with Gasteiger partial charge in [0.05, 0.1) is 0 Å². The smallest absolute Gasteiger partial charge is 0.282 e. The Morgan fingerprint density at radius 1 is 1.38 bits per heavy atom. The average molecular weight is 197 g/mol. The van der Waals surface area contributed by atoms with Gasteiger partial charge < -0.3 is 10.5 Å². The van der Waals surface area contributed by atoms with E-state index in [9.17, 15) is 0 Å². The lowest BCUT2D eigenvalue weighted by molar-refractivity contribution is 0.315. The van der Waals surface area contributed by atoms with E-state index in [0.717, 1.165) is 10.6 Å². The number of aliphatic imine (C=N–C) groups is 1. The average Bonchev–Trinajstić information content (AvgIpc) is 2.53. The number of nitrogens with two attached hydrogens (primary N) is 1. The van der Waals surface area contributed by atoms with Gasteiger partial charge in [-0.25, -0.2) is 4.99 Å². The minimum atomic E-state index is 0.0252. The molecule has 0 saturated heterocycles. The molecule has 0 fully saturated rings. The summed E-state index contributed by atoms with van der Waals surface area (Å²) in [4.78, 5) is 4.12. The number of ether oxygens (including phenoxy) is 1. The fraction of sp³-hybridized carbons (Fsp3) is 0.222. The molecule has 0 radical (unpaired) electrons. The molecular weight excluding hydrogens is 188 g/mol. The third-order valence-electron chi connectivity index (χ3n) is 1.93. The summed E-state index contributed by atoms with van der Waals surface area (Å²) in [6.45, 7) is 0.521. The standard InChI is InChI=1S/C9H9ClN2O/c10-7-3-1-6(2-4-7)8-5-13-9(11)12-8/h1-4,8H,5H2,(H2,11,12)/t8-/m0/s1. The number of rotatable bonds is 1. The van der Waals surface area contributed by atoms with Crippen LogP contribution in [0.5, 0.6) is 0 Å². The molecule has 2 rings (SSSR count). The maximum Gasteiger partial charge on any atom is 0.282 e. The lowest BCUT2D eigenvalue weighted by Crippen LogP contribution is -2.10. The van der Waals surface area contributed by atoms with E-state index in [0.29, 0.717) is 6.61 Å². The zero-order valence-corrected chi connectivity index (χ0v) is 7.66. The second kappa shape index (κ2) is 3.26. The summed E-state index contributed by atoms with van der Waals surface area (Å²) >= 11 is 5.76. The minimum absolute atomic E-state index is 0.0252. The number of halogens is 1. The Labute approximate surface area is 81.2 Å². The first kappa shape index (κ1) is 8.38. The van der Waals surface area contributed by atoms with Crippen LogP contribution in [0.25, 0.3) is 0 Å². The predicted molar refractivity (Wildman–Crippen MR) is 51.8 cm³/mol. The summed E-state index contributed by atoms with van der Waals surface area (Å²) in [6.07, 6.45) is 0. The molecule has 68 valence electrons. The van der Waals surface area contributed by atoms with Crippen LogP contribution >= 0.6 is 11.6 Å². The third kappa shape index (κ3) is 1.75. The van der Waals surface area contributed by atoms with Gasteiger partial charge in [-0.3, -0.25) is 0 Å². The van der Waals surface area contributed by atoms with Gasteiger partial charge in [0.25, 0.3) is 6.02 Å². The molecule has 1 heterocycles. The van der Waals surface area contributed by atoms with Gasteiger partial charge in [-0.15, -0.1) is 0 Å². The van der Waals surface area contributed by atoms with Gasteiger partial charge in [0, 0.05) is 5.02 Å². The van der Waals surface area contributed by atoms with Gasteiger partial charge in [0.1, 0.15) is 12.6 Å². The van der Waals surface area contributed by atoms with Gasteiger partial charge in [-0.2, -0.15) is 0 Å². The molecule has 0 saturated carbocycles. The molecule has 0 unspecified atom stereocenters. The molecule has 0 aromatic heterocycles. The number of amidine groups is 1. The highest BCUT2D eigenvalue weighted by atomic mass is 35.5. The molecule has 1 atom stereocenters. The molecule has 4 heteroatoms. The van der Waals surface area contributed by atoms with Crippen LogP contribution in [0.4, 0.5) is 0 Å². The van der Waals surface area contributed by atoms with E-state index in [2.05, 4.69) is 4.99 Å². The molecule has 3 nitrogen and oxygen atoms in total. The number of benzene rings is 1. The van der Waals surface area contributed by atoms with E-state index in [-0.39, 0.29) is 12.1 Å². The molecule has 0 bridgehead atoms. The summed E-state index contributed by atoms with van der Waals surface area (Å²) in [7, 11) is 0. The molecule has 13 heavy (non-hydrogen) atoms. The zero-order valence-electron chi connectivity index (χ0n) is 6.90. The first-order valence-electron chi connectivity index (χ1n) is 3.97. The van der Waals surface area contributed by atoms with Crippen molar-refractivity contribution >= 4 is 17.6 Å². The number of hydrogen-bond acceptors (Lipinski definition) is 3. The molecule has 0 spiro atoms. The largest absolute Gasteiger partial charge is 0.463 e. The number of nitrogens with zero attached hydrogens (tertiary/aromatic N) is 1. The lowest BCUT2D eigenvalue weighted by atomic mass is 10.1. The fourth-order valence-corrected chi connectivity index (χ4v) is 1.37. The Morgan fingerprint density at radius 3 is 2.62 bits per heavy atom. The van der Waals surface area contributed by atoms with Gasteiger partial charge in [0.15, 0.2) is 0 Å². The predicted octanol–water partition coefficient (Wildman–Crippen LogP) is 1.73. The quantitative estimate of drug-likeness (QED) is 0.744. The molecule has 0 aliphatic carbocycles. The fourth-order valence-electron chi connectivity index (χ4n) is 1.25. The van der Waals surface area contributed by atoms with Crippen molar-refractivity contribution in [3.63, 3.8) is 0 Å². The molecule has 1 aliphatic heterocycles. The van der Waals surface area contributed by atoms with Crippen molar-refractivity contribution in [2.75, 3.05) is 6.61 Å². The normalized spacial score (nSPS) is 21.0. The van der Waals surface area contributed by atoms with Crippen molar-refractivity contribution in [1.29, 1.82) is 0 Å². The Morgan fingerprint density at radius 2 is 2.08 bits per heavy atom. The summed E-state index contributed by atoms with van der Waals surface area (Å²) in [5, 5.41) is 0.722. The van der Waals surface area contributed by atoms with Crippen molar-refractivity contribution < 1.29 is 4.74 Å². The molecule has 2 N–H and O–H groups in total. The molecule has 0 amide bonds. The third-order valence-corrected chi connectivity index (χ3v) is 2.18. The van der Waals surface area contributed by atoms with E-state index in [1.54, 1.807) is 0 Å². The van der Waals surface area contributed by atoms with Crippen molar-refractivity contribution in [3.8, 4) is 0 Å². The van der Waals surface area contributed by atoms with Gasteiger partial charge in [0.2, 0.25) is 0 Å². The van der Waals surface area contributed by atoms with Gasteiger partial charge in [-0.1, -0.05) is 23.7 Å². The summed E-state index contributed by atoms with van der Waals surface area (Å²) in [6, 6.07) is 7.82. The molecule has 1 aromatic carbocycles. The van der Waals surface area contributed by atoms with Crippen LogP contribution in [0.15, 0.2) is 29.3 Å². The van der Waals surface area contributed by atoms with Crippen LogP contribution in [-0.4, -0.2) is 12.6 Å². The second-order valence-corrected chi connectivity index (χ2v) is 3.28. The molecular formula is C9H9ClN2O. The first-order valence-corrected chi connectivity index (χ1v) is 4.35. The van der Waals surface area contributed by atoms with E-state index >= 15 is 0 Å². The highest BCUT2D eigenvalue weighted by molar-refractivity contribution is 6.30. The topological polar surface area (TPSA) is 47.6 Å². The van der Waals surface area contributed by atoms with Gasteiger partial charge in [-0.05, 0) is 17.7 Å². The highest BCUT2D eigenvalue weighted by Crippen LogP contribution is 2.23. The van der Waals surface area contributed by atoms with Gasteiger partial charge >= 0.3 is 0 Å². The van der Waals surface area contributed by atoms with Crippen LogP contribution in [0.3, 0.4) is 0 Å². The van der Waals surface area contributed by atoms with Crippen LogP contribution in [0, 0.1) is 0 Å². The Kier molecular flexibility index (Phi) is 2.10. The maximum atomic E-state index is 5.76. The minimum Gasteiger partial charge on any atom is -0.463 e. The molecule has 1 aliphatic rings. The number of hydrogen-bond donors (Lipinski definition) is 1. The maximum absolute atomic E-state index is 5.76. The SMILES string of the molecule is NC1=N[C@H](c2ccc(Cl)cc2)CO1. The van der Waals surface area contributed by atoms with Crippen LogP contribution in [0.1, 0.15) is 11.6 Å². The van der Waals surface area contributed by atoms with Crippen LogP contribution in [0.2, 0.25) is 5.02 Å². The van der Waals surface area contributed by atoms with E-state index in [4.69, 9.17) is 22.1 Å². The Hall–Kier alpha value is -1.22. The van der Waals surface area contributed by atoms with Crippen molar-refractivity contribution in [2.24, 2.45) is 10.7 Å². The first-order chi connectivity index (χ1) is 6.25. The molecule has 1 aromatic rings. The highest BCUT2D eigenvalue weighted by Gasteiger charge is 2.17. The zero-order chi connectivity index (χ0) is 9.26. The second-order valence-electron chi connectivity index (χ2n) is 2.85. The Bertz CT molecular complexity index is 334. The monoisotopic (exact) mass is 196 g/mol. The van der Waals surface area contributed by atoms with Crippen molar-refractivity contribution in [2.45, 2.75) is 6.04 Å². The van der Waals surface area contributed by atoms with Crippen LogP contribution < -0.4 is 5.73 Å². The van der Waals surface area contributed by atoms with Crippen molar-refractivity contribution in [1.82, 2.24) is 0 Å². The van der Waals surface area contributed by atoms with E-state index < -0.39 is 0 Å². The van der Waals surface area contributed by atoms with Crippen LogP contribution in [-0.2, 0) is 4.74 Å².